The number of nitrogens with one attached hydrogen (secondary N) is 1. The number of amides is 1. The molecule has 0 rings (SSSR count). The Hall–Kier alpha value is -1.58. The summed E-state index contributed by atoms with van der Waals surface area (Å²) in [5.41, 5.74) is 5.36. The molecule has 0 saturated heterocycles. The van der Waals surface area contributed by atoms with Gasteiger partial charge < -0.3 is 26.2 Å². The number of rotatable bonds is 42. The van der Waals surface area contributed by atoms with Gasteiger partial charge in [-0.05, 0) is 64.2 Å². The van der Waals surface area contributed by atoms with Crippen LogP contribution in [0.1, 0.15) is 200 Å². The third kappa shape index (κ3) is 39.3. The van der Waals surface area contributed by atoms with Gasteiger partial charge in [-0.3, -0.25) is 13.8 Å². The zero-order valence-electron chi connectivity index (χ0n) is 36.0. The highest BCUT2D eigenvalue weighted by atomic mass is 31.2. The van der Waals surface area contributed by atoms with Crippen LogP contribution in [0.3, 0.4) is 0 Å². The van der Waals surface area contributed by atoms with Gasteiger partial charge in [-0.15, -0.1) is 0 Å². The summed E-state index contributed by atoms with van der Waals surface area (Å²) in [6, 6.07) is -1.00. The predicted octanol–water partition coefficient (Wildman–Crippen LogP) is 11.9. The van der Waals surface area contributed by atoms with Crippen LogP contribution in [-0.2, 0) is 18.4 Å². The Labute approximate surface area is 344 Å². The van der Waals surface area contributed by atoms with Crippen molar-refractivity contribution in [3.05, 3.63) is 48.6 Å². The molecule has 4 atom stereocenters. The van der Waals surface area contributed by atoms with Gasteiger partial charge in [-0.2, -0.15) is 0 Å². The molecule has 0 aliphatic heterocycles. The monoisotopic (exact) mass is 811 g/mol. The van der Waals surface area contributed by atoms with Gasteiger partial charge in [0, 0.05) is 6.54 Å². The number of allylic oxidation sites excluding steroid dienone is 7. The number of carbonyl (C=O) groups is 1. The van der Waals surface area contributed by atoms with Crippen LogP contribution >= 0.6 is 7.82 Å². The van der Waals surface area contributed by atoms with Crippen LogP contribution in [-0.4, -0.2) is 59.0 Å². The molecule has 328 valence electrons. The Morgan fingerprint density at radius 3 is 1.62 bits per heavy atom. The van der Waals surface area contributed by atoms with Crippen molar-refractivity contribution in [2.45, 2.75) is 218 Å². The van der Waals surface area contributed by atoms with Crippen molar-refractivity contribution in [1.82, 2.24) is 5.32 Å². The van der Waals surface area contributed by atoms with E-state index in [1.165, 1.54) is 109 Å². The number of phosphoric ester groups is 1. The predicted molar refractivity (Wildman–Crippen MR) is 237 cm³/mol. The highest BCUT2D eigenvalue weighted by molar-refractivity contribution is 7.47. The first-order chi connectivity index (χ1) is 27.3. The Bertz CT molecular complexity index is 1030. The third-order valence-electron chi connectivity index (χ3n) is 9.93. The van der Waals surface area contributed by atoms with E-state index in [0.29, 0.717) is 12.8 Å². The van der Waals surface area contributed by atoms with E-state index in [9.17, 15) is 24.5 Å². The summed E-state index contributed by atoms with van der Waals surface area (Å²) in [5.74, 6) is -0.465. The van der Waals surface area contributed by atoms with E-state index in [2.05, 4.69) is 55.6 Å². The summed E-state index contributed by atoms with van der Waals surface area (Å²) < 4.78 is 22.1. The average Bonchev–Trinajstić information content (AvgIpc) is 3.17. The van der Waals surface area contributed by atoms with Gasteiger partial charge in [0.1, 0.15) is 0 Å². The second kappa shape index (κ2) is 41.6. The zero-order valence-corrected chi connectivity index (χ0v) is 36.9. The molecule has 0 aliphatic carbocycles. The van der Waals surface area contributed by atoms with Gasteiger partial charge in [0.15, 0.2) is 0 Å². The summed E-state index contributed by atoms with van der Waals surface area (Å²) in [4.78, 5) is 22.8. The van der Waals surface area contributed by atoms with Gasteiger partial charge in [0.25, 0.3) is 0 Å². The van der Waals surface area contributed by atoms with Crippen molar-refractivity contribution in [2.24, 2.45) is 5.73 Å². The summed E-state index contributed by atoms with van der Waals surface area (Å²) >= 11 is 0. The van der Waals surface area contributed by atoms with Crippen molar-refractivity contribution in [3.8, 4) is 0 Å². The summed E-state index contributed by atoms with van der Waals surface area (Å²) in [7, 11) is -4.41. The van der Waals surface area contributed by atoms with Crippen LogP contribution in [0, 0.1) is 0 Å². The van der Waals surface area contributed by atoms with Crippen molar-refractivity contribution >= 4 is 13.7 Å². The molecule has 0 heterocycles. The van der Waals surface area contributed by atoms with Crippen molar-refractivity contribution in [2.75, 3.05) is 19.8 Å². The van der Waals surface area contributed by atoms with Crippen LogP contribution in [0.25, 0.3) is 0 Å². The number of aliphatic hydroxyl groups is 2. The van der Waals surface area contributed by atoms with Crippen LogP contribution in [0.15, 0.2) is 48.6 Å². The Kier molecular flexibility index (Phi) is 40.4. The van der Waals surface area contributed by atoms with E-state index in [-0.39, 0.29) is 19.6 Å². The molecule has 9 nitrogen and oxygen atoms in total. The minimum Gasteiger partial charge on any atom is -0.393 e. The summed E-state index contributed by atoms with van der Waals surface area (Å²) in [5, 5.41) is 24.0. The molecule has 0 aliphatic rings. The van der Waals surface area contributed by atoms with Crippen LogP contribution in [0.4, 0.5) is 0 Å². The molecule has 0 spiro atoms. The van der Waals surface area contributed by atoms with Gasteiger partial charge in [0.05, 0.1) is 37.9 Å². The number of hydrogen-bond acceptors (Lipinski definition) is 7. The van der Waals surface area contributed by atoms with E-state index < -0.39 is 38.6 Å². The second-order valence-electron chi connectivity index (χ2n) is 15.4. The quantitative estimate of drug-likeness (QED) is 0.0232. The maximum atomic E-state index is 12.8. The fraction of sp³-hybridized carbons (Fsp3) is 0.804. The molecule has 4 unspecified atom stereocenters. The maximum absolute atomic E-state index is 12.8. The standard InChI is InChI=1S/C46H87N2O7P/c1-3-5-7-9-11-13-15-17-19-20-21-22-24-26-28-30-32-34-36-38-45(50)44(42-55-56(52,53)54-40-39-47)48-46(51)41-43(49)37-35-33-31-29-27-25-23-18-16-14-12-10-8-6-4-2/h12,14,18,23,28,30,36,38,43-45,49-50H,3-11,13,15-17,19-22,24-27,29,31-35,37,39-42,47H2,1-2H3,(H,48,51)(H,52,53)/b14-12-,23-18-,30-28+,38-36+. The smallest absolute Gasteiger partial charge is 0.393 e. The highest BCUT2D eigenvalue weighted by Crippen LogP contribution is 2.43. The molecule has 0 radical (unpaired) electrons. The zero-order chi connectivity index (χ0) is 41.2. The lowest BCUT2D eigenvalue weighted by Gasteiger charge is -2.24. The third-order valence-corrected chi connectivity index (χ3v) is 10.9. The minimum atomic E-state index is -4.41. The Balaban J connectivity index is 4.37. The number of aliphatic hydroxyl groups excluding tert-OH is 2. The SMILES string of the molecule is CCCCC/C=C\C/C=C\CCCCCCCC(O)CC(=O)NC(COP(=O)(O)OCCN)C(O)/C=C/CC/C=C/CCCCCCCCCCCCCCC. The molecule has 1 amide bonds. The topological polar surface area (TPSA) is 151 Å². The van der Waals surface area contributed by atoms with E-state index >= 15 is 0 Å². The summed E-state index contributed by atoms with van der Waals surface area (Å²) in [6.45, 7) is 3.92. The van der Waals surface area contributed by atoms with E-state index in [0.717, 1.165) is 57.8 Å². The van der Waals surface area contributed by atoms with E-state index in [4.69, 9.17) is 14.8 Å². The van der Waals surface area contributed by atoms with Crippen LogP contribution in [0.2, 0.25) is 0 Å². The molecule has 56 heavy (non-hydrogen) atoms. The molecule has 0 aromatic heterocycles. The van der Waals surface area contributed by atoms with E-state index in [1.54, 1.807) is 6.08 Å². The molecule has 0 aromatic rings. The minimum absolute atomic E-state index is 0.0415. The molecule has 0 bridgehead atoms. The van der Waals surface area contributed by atoms with Crippen molar-refractivity contribution in [1.29, 1.82) is 0 Å². The Morgan fingerprint density at radius 1 is 0.625 bits per heavy atom. The number of hydrogen-bond donors (Lipinski definition) is 5. The fourth-order valence-corrected chi connectivity index (χ4v) is 7.22. The number of nitrogens with two attached hydrogens (primary N) is 1. The van der Waals surface area contributed by atoms with Crippen LogP contribution in [0.5, 0.6) is 0 Å². The molecule has 0 saturated carbocycles. The number of unbranched alkanes of at least 4 members (excludes halogenated alkanes) is 22. The molecule has 0 aromatic carbocycles. The van der Waals surface area contributed by atoms with E-state index in [1.807, 2.05) is 6.08 Å². The fourth-order valence-electron chi connectivity index (χ4n) is 6.46. The number of carbonyl (C=O) groups excluding carboxylic acids is 1. The number of phosphoric acid groups is 1. The average molecular weight is 811 g/mol. The molecule has 0 fully saturated rings. The maximum Gasteiger partial charge on any atom is 0.472 e. The first-order valence-electron chi connectivity index (χ1n) is 22.8. The van der Waals surface area contributed by atoms with Gasteiger partial charge in [-0.1, -0.05) is 178 Å². The van der Waals surface area contributed by atoms with Crippen molar-refractivity contribution in [3.63, 3.8) is 0 Å². The first-order valence-corrected chi connectivity index (χ1v) is 24.3. The largest absolute Gasteiger partial charge is 0.472 e. The lowest BCUT2D eigenvalue weighted by molar-refractivity contribution is -0.124. The van der Waals surface area contributed by atoms with Crippen molar-refractivity contribution < 1.29 is 33.5 Å². The summed E-state index contributed by atoms with van der Waals surface area (Å²) in [6.07, 6.45) is 47.7. The van der Waals surface area contributed by atoms with Gasteiger partial charge in [-0.25, -0.2) is 4.57 Å². The molecular formula is C46H87N2O7P. The molecule has 10 heteroatoms. The lowest BCUT2D eigenvalue weighted by Crippen LogP contribution is -2.46. The highest BCUT2D eigenvalue weighted by Gasteiger charge is 2.27. The van der Waals surface area contributed by atoms with Gasteiger partial charge in [0.2, 0.25) is 5.91 Å². The van der Waals surface area contributed by atoms with Crippen LogP contribution < -0.4 is 11.1 Å². The normalized spacial score (nSPS) is 15.0. The molecular weight excluding hydrogens is 723 g/mol. The first kappa shape index (κ1) is 54.4. The Morgan fingerprint density at radius 2 is 1.07 bits per heavy atom. The van der Waals surface area contributed by atoms with Gasteiger partial charge >= 0.3 is 7.82 Å². The molecule has 6 N–H and O–H groups in total. The second-order valence-corrected chi connectivity index (χ2v) is 16.9. The lowest BCUT2D eigenvalue weighted by atomic mass is 10.0.